The smallest absolute Gasteiger partial charge is 0.335 e. The summed E-state index contributed by atoms with van der Waals surface area (Å²) >= 11 is 0. The number of carboxylic acids is 1. The van der Waals surface area contributed by atoms with Gasteiger partial charge >= 0.3 is 5.97 Å². The number of fused-ring (bicyclic) bond motifs is 1. The molecule has 0 spiro atoms. The molecule has 126 valence electrons. The SMILES string of the molecule is C1=Cc2ccccc2OC1.O=CC(O)C(O)C(O)C(O)C(=O)O. The van der Waals surface area contributed by atoms with Gasteiger partial charge in [-0.05, 0) is 12.1 Å². The second-order valence-corrected chi connectivity index (χ2v) is 4.64. The molecule has 1 aromatic carbocycles. The number of benzene rings is 1. The average molecular weight is 326 g/mol. The van der Waals surface area contributed by atoms with E-state index in [9.17, 15) is 9.59 Å². The first-order valence-corrected chi connectivity index (χ1v) is 6.67. The van der Waals surface area contributed by atoms with Crippen molar-refractivity contribution in [2.75, 3.05) is 6.61 Å². The Morgan fingerprint density at radius 2 is 1.78 bits per heavy atom. The van der Waals surface area contributed by atoms with E-state index in [2.05, 4.69) is 6.08 Å². The lowest BCUT2D eigenvalue weighted by molar-refractivity contribution is -0.163. The van der Waals surface area contributed by atoms with Crippen LogP contribution in [0.3, 0.4) is 0 Å². The minimum absolute atomic E-state index is 0.0809. The summed E-state index contributed by atoms with van der Waals surface area (Å²) in [7, 11) is 0. The Kier molecular flexibility index (Phi) is 7.36. The summed E-state index contributed by atoms with van der Waals surface area (Å²) in [6.07, 6.45) is -4.29. The molecule has 4 unspecified atom stereocenters. The van der Waals surface area contributed by atoms with E-state index in [4.69, 9.17) is 30.3 Å². The molecule has 0 bridgehead atoms. The summed E-state index contributed by atoms with van der Waals surface area (Å²) in [5, 5.41) is 43.2. The van der Waals surface area contributed by atoms with Crippen LogP contribution in [0.2, 0.25) is 0 Å². The van der Waals surface area contributed by atoms with Gasteiger partial charge < -0.3 is 35.1 Å². The van der Waals surface area contributed by atoms with Crippen molar-refractivity contribution in [3.05, 3.63) is 35.9 Å². The van der Waals surface area contributed by atoms with Gasteiger partial charge in [-0.15, -0.1) is 0 Å². The monoisotopic (exact) mass is 326 g/mol. The maximum atomic E-state index is 10.1. The van der Waals surface area contributed by atoms with Gasteiger partial charge in [-0.25, -0.2) is 4.79 Å². The summed E-state index contributed by atoms with van der Waals surface area (Å²) in [6.45, 7) is 0.705. The predicted octanol–water partition coefficient (Wildman–Crippen LogP) is -1.19. The topological polar surface area (TPSA) is 145 Å². The van der Waals surface area contributed by atoms with E-state index in [-0.39, 0.29) is 6.29 Å². The molecule has 4 atom stereocenters. The molecular weight excluding hydrogens is 308 g/mol. The molecule has 0 saturated heterocycles. The second kappa shape index (κ2) is 9.01. The number of aldehydes is 1. The Bertz CT molecular complexity index is 556. The van der Waals surface area contributed by atoms with Gasteiger partial charge in [0.1, 0.15) is 30.7 Å². The number of hydrogen-bond acceptors (Lipinski definition) is 7. The molecule has 8 heteroatoms. The highest BCUT2D eigenvalue weighted by molar-refractivity contribution is 5.73. The minimum atomic E-state index is -2.25. The van der Waals surface area contributed by atoms with Crippen molar-refractivity contribution in [3.8, 4) is 5.75 Å². The first-order chi connectivity index (χ1) is 10.9. The molecule has 0 aromatic heterocycles. The first kappa shape index (κ1) is 18.8. The Hall–Kier alpha value is -2.26. The fraction of sp³-hybridized carbons (Fsp3) is 0.333. The van der Waals surface area contributed by atoms with Crippen molar-refractivity contribution in [1.29, 1.82) is 0 Å². The number of aliphatic carboxylic acids is 1. The highest BCUT2D eigenvalue weighted by Gasteiger charge is 2.33. The summed E-state index contributed by atoms with van der Waals surface area (Å²) in [5.41, 5.74) is 1.17. The Morgan fingerprint density at radius 3 is 2.35 bits per heavy atom. The number of para-hydroxylation sites is 1. The van der Waals surface area contributed by atoms with E-state index in [0.717, 1.165) is 5.75 Å². The lowest BCUT2D eigenvalue weighted by Crippen LogP contribution is -2.48. The van der Waals surface area contributed by atoms with Crippen LogP contribution in [0.25, 0.3) is 6.08 Å². The van der Waals surface area contributed by atoms with Gasteiger partial charge in [-0.3, -0.25) is 0 Å². The average Bonchev–Trinajstić information content (AvgIpc) is 2.59. The quantitative estimate of drug-likeness (QED) is 0.425. The lowest BCUT2D eigenvalue weighted by atomic mass is 10.0. The number of carboxylic acid groups (broad SMARTS) is 1. The van der Waals surface area contributed by atoms with E-state index in [0.29, 0.717) is 6.61 Å². The van der Waals surface area contributed by atoms with Gasteiger partial charge in [0.2, 0.25) is 0 Å². The van der Waals surface area contributed by atoms with Crippen LogP contribution in [0.1, 0.15) is 5.56 Å². The van der Waals surface area contributed by atoms with E-state index in [1.54, 1.807) is 0 Å². The second-order valence-electron chi connectivity index (χ2n) is 4.64. The highest BCUT2D eigenvalue weighted by Crippen LogP contribution is 2.21. The third kappa shape index (κ3) is 5.46. The van der Waals surface area contributed by atoms with Crippen molar-refractivity contribution >= 4 is 18.3 Å². The van der Waals surface area contributed by atoms with Gasteiger partial charge in [-0.1, -0.05) is 24.3 Å². The van der Waals surface area contributed by atoms with Crippen molar-refractivity contribution in [1.82, 2.24) is 0 Å². The summed E-state index contributed by atoms with van der Waals surface area (Å²) in [4.78, 5) is 20.0. The number of carbonyl (C=O) groups is 2. The van der Waals surface area contributed by atoms with Crippen molar-refractivity contribution < 1.29 is 39.9 Å². The Labute approximate surface area is 131 Å². The summed E-state index contributed by atoms with van der Waals surface area (Å²) in [5.74, 6) is -0.769. The largest absolute Gasteiger partial charge is 0.489 e. The summed E-state index contributed by atoms with van der Waals surface area (Å²) < 4.78 is 5.34. The van der Waals surface area contributed by atoms with Crippen molar-refractivity contribution in [3.63, 3.8) is 0 Å². The fourth-order valence-corrected chi connectivity index (χ4v) is 1.68. The van der Waals surface area contributed by atoms with Gasteiger partial charge in [0, 0.05) is 5.56 Å². The highest BCUT2D eigenvalue weighted by atomic mass is 16.5. The van der Waals surface area contributed by atoms with Crippen LogP contribution >= 0.6 is 0 Å². The molecule has 0 radical (unpaired) electrons. The molecule has 1 aliphatic heterocycles. The van der Waals surface area contributed by atoms with E-state index < -0.39 is 30.4 Å². The van der Waals surface area contributed by atoms with Gasteiger partial charge in [0.05, 0.1) is 0 Å². The zero-order chi connectivity index (χ0) is 17.4. The predicted molar refractivity (Wildman–Crippen MR) is 78.7 cm³/mol. The molecular formula is C15H18O8. The number of hydrogen-bond donors (Lipinski definition) is 5. The van der Waals surface area contributed by atoms with Gasteiger partial charge in [0.15, 0.2) is 12.4 Å². The van der Waals surface area contributed by atoms with Gasteiger partial charge in [0.25, 0.3) is 0 Å². The zero-order valence-corrected chi connectivity index (χ0v) is 12.0. The van der Waals surface area contributed by atoms with Crippen LogP contribution in [0.4, 0.5) is 0 Å². The molecule has 1 aromatic rings. The molecule has 0 fully saturated rings. The molecule has 2 rings (SSSR count). The Balaban J connectivity index is 0.000000235. The van der Waals surface area contributed by atoms with Crippen LogP contribution in [0.5, 0.6) is 5.75 Å². The molecule has 0 aliphatic carbocycles. The van der Waals surface area contributed by atoms with Crippen LogP contribution in [0, 0.1) is 0 Å². The minimum Gasteiger partial charge on any atom is -0.489 e. The summed E-state index contributed by atoms with van der Waals surface area (Å²) in [6, 6.07) is 8.03. The number of aliphatic hydroxyl groups is 4. The molecule has 0 amide bonds. The molecule has 8 nitrogen and oxygen atoms in total. The van der Waals surface area contributed by atoms with E-state index in [1.807, 2.05) is 30.3 Å². The normalized spacial score (nSPS) is 17.4. The molecule has 0 saturated carbocycles. The van der Waals surface area contributed by atoms with Crippen LogP contribution in [-0.2, 0) is 9.59 Å². The fourth-order valence-electron chi connectivity index (χ4n) is 1.68. The Morgan fingerprint density at radius 1 is 1.13 bits per heavy atom. The van der Waals surface area contributed by atoms with E-state index >= 15 is 0 Å². The van der Waals surface area contributed by atoms with E-state index in [1.165, 1.54) is 5.56 Å². The molecule has 1 heterocycles. The third-order valence-electron chi connectivity index (χ3n) is 2.97. The third-order valence-corrected chi connectivity index (χ3v) is 2.97. The van der Waals surface area contributed by atoms with Crippen LogP contribution in [-0.4, -0.2) is 68.8 Å². The number of rotatable bonds is 5. The van der Waals surface area contributed by atoms with Gasteiger partial charge in [-0.2, -0.15) is 0 Å². The van der Waals surface area contributed by atoms with Crippen molar-refractivity contribution in [2.24, 2.45) is 0 Å². The lowest BCUT2D eigenvalue weighted by Gasteiger charge is -2.21. The molecule has 5 N–H and O–H groups in total. The number of ether oxygens (including phenoxy) is 1. The molecule has 23 heavy (non-hydrogen) atoms. The zero-order valence-electron chi connectivity index (χ0n) is 12.0. The first-order valence-electron chi connectivity index (χ1n) is 6.67. The van der Waals surface area contributed by atoms with Crippen molar-refractivity contribution in [2.45, 2.75) is 24.4 Å². The number of aliphatic hydroxyl groups excluding tert-OH is 4. The standard InChI is InChI=1S/C9H8O.C6H10O7/c1-2-6-9-8(4-1)5-3-7-10-9;7-1-2(8)3(9)4(10)5(11)6(12)13/h1-6H,7H2;1-5,8-11H,(H,12,13). The maximum absolute atomic E-state index is 10.1. The maximum Gasteiger partial charge on any atom is 0.335 e. The van der Waals surface area contributed by atoms with Crippen LogP contribution < -0.4 is 4.74 Å². The molecule has 1 aliphatic rings. The van der Waals surface area contributed by atoms with Crippen LogP contribution in [0.15, 0.2) is 30.3 Å². The number of carbonyl (C=O) groups excluding carboxylic acids is 1.